The highest BCUT2D eigenvalue weighted by Gasteiger charge is 2.34. The first-order chi connectivity index (χ1) is 9.63. The van der Waals surface area contributed by atoms with E-state index in [9.17, 15) is 4.79 Å². The smallest absolute Gasteiger partial charge is 0.264 e. The summed E-state index contributed by atoms with van der Waals surface area (Å²) < 4.78 is 5.97. The third-order valence-corrected chi connectivity index (χ3v) is 5.31. The van der Waals surface area contributed by atoms with Gasteiger partial charge in [-0.2, -0.15) is 0 Å². The summed E-state index contributed by atoms with van der Waals surface area (Å²) in [6.45, 7) is 6.49. The van der Waals surface area contributed by atoms with Gasteiger partial charge in [-0.15, -0.1) is 11.3 Å². The zero-order chi connectivity index (χ0) is 14.1. The first-order valence-electron chi connectivity index (χ1n) is 7.28. The normalized spacial score (nSPS) is 28.0. The quantitative estimate of drug-likeness (QED) is 0.792. The maximum Gasteiger partial charge on any atom is 0.264 e. The zero-order valence-corrected chi connectivity index (χ0v) is 13.0. The Hall–Kier alpha value is -0.910. The second kappa shape index (κ2) is 5.84. The molecule has 4 nitrogen and oxygen atoms in total. The van der Waals surface area contributed by atoms with Gasteiger partial charge in [0.25, 0.3) is 5.91 Å². The summed E-state index contributed by atoms with van der Waals surface area (Å²) in [5.41, 5.74) is 1.17. The predicted molar refractivity (Wildman–Crippen MR) is 80.3 cm³/mol. The van der Waals surface area contributed by atoms with Crippen molar-refractivity contribution in [2.75, 3.05) is 39.8 Å². The van der Waals surface area contributed by atoms with Crippen LogP contribution in [0.2, 0.25) is 0 Å². The molecule has 2 unspecified atom stereocenters. The largest absolute Gasteiger partial charge is 0.375 e. The number of likely N-dealkylation sites (tertiary alicyclic amines) is 1. The zero-order valence-electron chi connectivity index (χ0n) is 12.2. The molecular weight excluding hydrogens is 272 g/mol. The number of hydrogen-bond acceptors (Lipinski definition) is 4. The molecule has 1 amide bonds. The number of ether oxygens (including phenoxy) is 1. The van der Waals surface area contributed by atoms with Crippen LogP contribution in [0.15, 0.2) is 11.4 Å². The summed E-state index contributed by atoms with van der Waals surface area (Å²) in [5.74, 6) is 0.736. The molecule has 0 spiro atoms. The predicted octanol–water partition coefficient (Wildman–Crippen LogP) is 1.85. The Morgan fingerprint density at radius 3 is 3.00 bits per heavy atom. The highest BCUT2D eigenvalue weighted by atomic mass is 32.1. The maximum atomic E-state index is 12.5. The van der Waals surface area contributed by atoms with Crippen molar-refractivity contribution in [1.82, 2.24) is 9.80 Å². The average Bonchev–Trinajstić information content (AvgIpc) is 2.77. The number of piperidine rings is 1. The van der Waals surface area contributed by atoms with Crippen LogP contribution < -0.4 is 0 Å². The fraction of sp³-hybridized carbons (Fsp3) is 0.667. The van der Waals surface area contributed by atoms with E-state index in [2.05, 4.69) is 11.9 Å². The van der Waals surface area contributed by atoms with Crippen LogP contribution in [-0.2, 0) is 4.74 Å². The van der Waals surface area contributed by atoms with Gasteiger partial charge in [0.2, 0.25) is 0 Å². The molecule has 5 heteroatoms. The molecule has 20 heavy (non-hydrogen) atoms. The van der Waals surface area contributed by atoms with Gasteiger partial charge < -0.3 is 14.5 Å². The number of hydrogen-bond donors (Lipinski definition) is 0. The summed E-state index contributed by atoms with van der Waals surface area (Å²) in [7, 11) is 2.15. The van der Waals surface area contributed by atoms with Crippen LogP contribution in [0, 0.1) is 12.8 Å². The second-order valence-corrected chi connectivity index (χ2v) is 6.87. The van der Waals surface area contributed by atoms with Gasteiger partial charge in [-0.1, -0.05) is 0 Å². The number of nitrogens with zero attached hydrogens (tertiary/aromatic N) is 2. The van der Waals surface area contributed by atoms with Crippen molar-refractivity contribution in [2.24, 2.45) is 5.92 Å². The van der Waals surface area contributed by atoms with Crippen LogP contribution in [-0.4, -0.2) is 61.6 Å². The molecule has 0 aliphatic carbocycles. The van der Waals surface area contributed by atoms with E-state index in [4.69, 9.17) is 4.74 Å². The van der Waals surface area contributed by atoms with Crippen molar-refractivity contribution >= 4 is 17.2 Å². The van der Waals surface area contributed by atoms with Gasteiger partial charge in [0, 0.05) is 32.1 Å². The molecule has 110 valence electrons. The lowest BCUT2D eigenvalue weighted by Gasteiger charge is -2.37. The molecule has 1 aromatic rings. The van der Waals surface area contributed by atoms with Gasteiger partial charge in [-0.05, 0) is 37.4 Å². The van der Waals surface area contributed by atoms with Crippen LogP contribution in [0.3, 0.4) is 0 Å². The first-order valence-corrected chi connectivity index (χ1v) is 8.16. The van der Waals surface area contributed by atoms with E-state index in [1.165, 1.54) is 5.56 Å². The fourth-order valence-corrected chi connectivity index (χ4v) is 3.96. The molecular formula is C15H22N2O2S. The number of thiophene rings is 1. The number of aryl methyl sites for hydroxylation is 1. The van der Waals surface area contributed by atoms with E-state index in [0.717, 1.165) is 44.1 Å². The minimum atomic E-state index is 0.169. The van der Waals surface area contributed by atoms with Gasteiger partial charge in [0.1, 0.15) is 0 Å². The van der Waals surface area contributed by atoms with E-state index >= 15 is 0 Å². The second-order valence-electron chi connectivity index (χ2n) is 5.96. The Bertz CT molecular complexity index is 488. The lowest BCUT2D eigenvalue weighted by molar-refractivity contribution is -0.0169. The molecule has 1 aromatic heterocycles. The van der Waals surface area contributed by atoms with Crippen molar-refractivity contribution in [3.8, 4) is 0 Å². The van der Waals surface area contributed by atoms with Gasteiger partial charge in [0.15, 0.2) is 0 Å². The molecule has 2 fully saturated rings. The maximum absolute atomic E-state index is 12.5. The molecule has 0 bridgehead atoms. The molecule has 0 radical (unpaired) electrons. The molecule has 0 aromatic carbocycles. The van der Waals surface area contributed by atoms with E-state index in [1.807, 2.05) is 23.3 Å². The summed E-state index contributed by atoms with van der Waals surface area (Å²) in [6.07, 6.45) is 1.25. The van der Waals surface area contributed by atoms with Gasteiger partial charge in [0.05, 0.1) is 17.6 Å². The molecule has 2 atom stereocenters. The van der Waals surface area contributed by atoms with E-state index in [1.54, 1.807) is 11.3 Å². The van der Waals surface area contributed by atoms with Crippen LogP contribution in [0.1, 0.15) is 21.7 Å². The number of carbonyl (C=O) groups is 1. The summed E-state index contributed by atoms with van der Waals surface area (Å²) in [5, 5.41) is 2.04. The van der Waals surface area contributed by atoms with Gasteiger partial charge in [-0.3, -0.25) is 4.79 Å². The number of rotatable bonds is 1. The molecule has 3 heterocycles. The summed E-state index contributed by atoms with van der Waals surface area (Å²) in [4.78, 5) is 17.7. The number of likely N-dealkylation sites (N-methyl/N-ethyl adjacent to an activating group) is 1. The lowest BCUT2D eigenvalue weighted by Crippen LogP contribution is -2.48. The fourth-order valence-electron chi connectivity index (χ4n) is 3.10. The molecule has 3 rings (SSSR count). The lowest BCUT2D eigenvalue weighted by atomic mass is 9.93. The Kier molecular flexibility index (Phi) is 4.10. The number of fused-ring (bicyclic) bond motifs is 1. The van der Waals surface area contributed by atoms with E-state index in [0.29, 0.717) is 5.92 Å². The van der Waals surface area contributed by atoms with Crippen molar-refractivity contribution in [1.29, 1.82) is 0 Å². The highest BCUT2D eigenvalue weighted by molar-refractivity contribution is 7.12. The van der Waals surface area contributed by atoms with Crippen LogP contribution >= 0.6 is 11.3 Å². The summed E-state index contributed by atoms with van der Waals surface area (Å²) in [6, 6.07) is 1.99. The Morgan fingerprint density at radius 2 is 2.25 bits per heavy atom. The van der Waals surface area contributed by atoms with Crippen molar-refractivity contribution < 1.29 is 9.53 Å². The SMILES string of the molecule is Cc1csc(C(=O)N2CCC3CN(C)CCOC3C2)c1. The number of carbonyl (C=O) groups excluding carboxylic acids is 1. The summed E-state index contributed by atoms with van der Waals surface area (Å²) >= 11 is 1.54. The number of amides is 1. The van der Waals surface area contributed by atoms with E-state index in [-0.39, 0.29) is 12.0 Å². The molecule has 0 N–H and O–H groups in total. The molecule has 0 saturated carbocycles. The van der Waals surface area contributed by atoms with Crippen LogP contribution in [0.25, 0.3) is 0 Å². The van der Waals surface area contributed by atoms with Crippen LogP contribution in [0.4, 0.5) is 0 Å². The standard InChI is InChI=1S/C15H22N2O2S/c1-11-7-14(20-10-11)15(18)17-4-3-12-8-16(2)5-6-19-13(12)9-17/h7,10,12-13H,3-6,8-9H2,1-2H3. The van der Waals surface area contributed by atoms with Crippen molar-refractivity contribution in [3.63, 3.8) is 0 Å². The minimum absolute atomic E-state index is 0.169. The van der Waals surface area contributed by atoms with Gasteiger partial charge in [-0.25, -0.2) is 0 Å². The average molecular weight is 294 g/mol. The van der Waals surface area contributed by atoms with Crippen molar-refractivity contribution in [3.05, 3.63) is 21.9 Å². The minimum Gasteiger partial charge on any atom is -0.375 e. The van der Waals surface area contributed by atoms with Gasteiger partial charge >= 0.3 is 0 Å². The Labute approximate surface area is 124 Å². The van der Waals surface area contributed by atoms with E-state index < -0.39 is 0 Å². The van der Waals surface area contributed by atoms with Crippen LogP contribution in [0.5, 0.6) is 0 Å². The Morgan fingerprint density at radius 1 is 1.40 bits per heavy atom. The Balaban J connectivity index is 1.67. The highest BCUT2D eigenvalue weighted by Crippen LogP contribution is 2.26. The molecule has 2 saturated heterocycles. The third kappa shape index (κ3) is 2.90. The molecule has 2 aliphatic heterocycles. The first kappa shape index (κ1) is 14.0. The van der Waals surface area contributed by atoms with Crippen molar-refractivity contribution in [2.45, 2.75) is 19.4 Å². The monoisotopic (exact) mass is 294 g/mol. The topological polar surface area (TPSA) is 32.8 Å². The molecule has 2 aliphatic rings. The third-order valence-electron chi connectivity index (χ3n) is 4.28.